The van der Waals surface area contributed by atoms with E-state index in [4.69, 9.17) is 14.2 Å². The molecule has 4 aromatic rings. The number of hydrogen-bond donors (Lipinski definition) is 1. The van der Waals surface area contributed by atoms with Gasteiger partial charge >= 0.3 is 0 Å². The lowest BCUT2D eigenvalue weighted by molar-refractivity contribution is 0.102. The normalized spacial score (nSPS) is 10.7. The molecule has 0 aliphatic rings. The minimum Gasteiger partial charge on any atom is -0.490 e. The van der Waals surface area contributed by atoms with Crippen LogP contribution in [0.2, 0.25) is 0 Å². The average Bonchev–Trinajstić information content (AvgIpc) is 3.36. The van der Waals surface area contributed by atoms with Crippen molar-refractivity contribution in [2.75, 3.05) is 18.5 Å². The van der Waals surface area contributed by atoms with E-state index < -0.39 is 0 Å². The van der Waals surface area contributed by atoms with Gasteiger partial charge in [-0.05, 0) is 73.4 Å². The van der Waals surface area contributed by atoms with E-state index in [1.807, 2.05) is 68.6 Å². The molecule has 0 atom stereocenters. The number of nitrogens with one attached hydrogen (secondary N) is 1. The van der Waals surface area contributed by atoms with Crippen molar-refractivity contribution in [1.29, 1.82) is 0 Å². The molecule has 0 saturated carbocycles. The Kier molecular flexibility index (Phi) is 8.81. The van der Waals surface area contributed by atoms with Crippen LogP contribution in [-0.4, -0.2) is 28.9 Å². The molecule has 0 radical (unpaired) electrons. The van der Waals surface area contributed by atoms with Gasteiger partial charge in [0, 0.05) is 11.8 Å². The number of amides is 1. The third-order valence-electron chi connectivity index (χ3n) is 5.77. The first-order chi connectivity index (χ1) is 18.1. The van der Waals surface area contributed by atoms with Gasteiger partial charge in [-0.1, -0.05) is 37.3 Å². The van der Waals surface area contributed by atoms with Crippen LogP contribution in [0, 0.1) is 0 Å². The van der Waals surface area contributed by atoms with Crippen molar-refractivity contribution >= 4 is 11.6 Å². The molecular formula is C30H33N3O4. The first kappa shape index (κ1) is 25.8. The van der Waals surface area contributed by atoms with Crippen molar-refractivity contribution in [3.05, 3.63) is 101 Å². The summed E-state index contributed by atoms with van der Waals surface area (Å²) in [6.45, 7) is 8.06. The highest BCUT2D eigenvalue weighted by atomic mass is 16.5. The Hall–Kier alpha value is -4.26. The second kappa shape index (κ2) is 12.6. The molecule has 1 heterocycles. The van der Waals surface area contributed by atoms with Crippen LogP contribution in [-0.2, 0) is 19.6 Å². The van der Waals surface area contributed by atoms with Gasteiger partial charge in [0.05, 0.1) is 31.6 Å². The number of carbonyl (C=O) groups is 1. The first-order valence-corrected chi connectivity index (χ1v) is 12.6. The molecule has 3 aromatic carbocycles. The molecule has 0 unspecified atom stereocenters. The summed E-state index contributed by atoms with van der Waals surface area (Å²) in [4.78, 5) is 12.9. The van der Waals surface area contributed by atoms with Crippen molar-refractivity contribution in [1.82, 2.24) is 9.78 Å². The Morgan fingerprint density at radius 1 is 0.838 bits per heavy atom. The van der Waals surface area contributed by atoms with E-state index in [0.717, 1.165) is 29.0 Å². The molecule has 1 aromatic heterocycles. The van der Waals surface area contributed by atoms with Crippen molar-refractivity contribution in [3.63, 3.8) is 0 Å². The van der Waals surface area contributed by atoms with E-state index in [9.17, 15) is 4.79 Å². The minimum atomic E-state index is -0.201. The Morgan fingerprint density at radius 3 is 2.35 bits per heavy atom. The number of aromatic nitrogens is 2. The van der Waals surface area contributed by atoms with Gasteiger partial charge in [-0.3, -0.25) is 9.48 Å². The van der Waals surface area contributed by atoms with E-state index in [0.29, 0.717) is 43.4 Å². The Balaban J connectivity index is 1.36. The van der Waals surface area contributed by atoms with Gasteiger partial charge in [-0.2, -0.15) is 5.10 Å². The second-order valence-electron chi connectivity index (χ2n) is 8.51. The Labute approximate surface area is 218 Å². The largest absolute Gasteiger partial charge is 0.490 e. The monoisotopic (exact) mass is 499 g/mol. The number of ether oxygens (including phenoxy) is 3. The van der Waals surface area contributed by atoms with Crippen LogP contribution in [0.1, 0.15) is 47.8 Å². The molecule has 4 rings (SSSR count). The molecule has 0 spiro atoms. The number of anilines is 1. The van der Waals surface area contributed by atoms with Crippen LogP contribution in [0.25, 0.3) is 0 Å². The van der Waals surface area contributed by atoms with E-state index in [1.54, 1.807) is 16.9 Å². The standard InChI is InChI=1S/C30H33N3O4/c1-4-22-10-13-27(14-11-22)37-21-24-8-7-9-25(16-24)30(34)32-26-18-31-33(20-26)19-23-12-15-28(35-5-2)29(17-23)36-6-3/h7-18,20H,4-6,19,21H2,1-3H3,(H,32,34). The summed E-state index contributed by atoms with van der Waals surface area (Å²) < 4.78 is 19.0. The molecule has 192 valence electrons. The lowest BCUT2D eigenvalue weighted by Crippen LogP contribution is -2.12. The minimum absolute atomic E-state index is 0.201. The number of benzene rings is 3. The van der Waals surface area contributed by atoms with Crippen molar-refractivity contribution in [2.24, 2.45) is 0 Å². The highest BCUT2D eigenvalue weighted by molar-refractivity contribution is 6.04. The molecule has 0 aliphatic carbocycles. The average molecular weight is 500 g/mol. The molecule has 7 heteroatoms. The highest BCUT2D eigenvalue weighted by Gasteiger charge is 2.11. The molecule has 0 fully saturated rings. The number of hydrogen-bond acceptors (Lipinski definition) is 5. The third-order valence-corrected chi connectivity index (χ3v) is 5.77. The van der Waals surface area contributed by atoms with Gasteiger partial charge in [0.25, 0.3) is 5.91 Å². The maximum atomic E-state index is 12.9. The van der Waals surface area contributed by atoms with Crippen LogP contribution in [0.3, 0.4) is 0 Å². The zero-order valence-corrected chi connectivity index (χ0v) is 21.6. The lowest BCUT2D eigenvalue weighted by atomic mass is 10.1. The molecule has 0 bridgehead atoms. The number of rotatable bonds is 12. The summed E-state index contributed by atoms with van der Waals surface area (Å²) in [5, 5.41) is 7.32. The summed E-state index contributed by atoms with van der Waals surface area (Å²) in [5.41, 5.74) is 4.39. The fourth-order valence-electron chi connectivity index (χ4n) is 3.89. The van der Waals surface area contributed by atoms with Crippen LogP contribution in [0.15, 0.2) is 79.1 Å². The van der Waals surface area contributed by atoms with Crippen LogP contribution in [0.4, 0.5) is 5.69 Å². The molecule has 37 heavy (non-hydrogen) atoms. The smallest absolute Gasteiger partial charge is 0.255 e. The fraction of sp³-hybridized carbons (Fsp3) is 0.267. The second-order valence-corrected chi connectivity index (χ2v) is 8.51. The zero-order valence-electron chi connectivity index (χ0n) is 21.6. The van der Waals surface area contributed by atoms with Gasteiger partial charge in [0.1, 0.15) is 12.4 Å². The third kappa shape index (κ3) is 7.13. The van der Waals surface area contributed by atoms with Gasteiger partial charge in [-0.15, -0.1) is 0 Å². The Bertz CT molecular complexity index is 1310. The summed E-state index contributed by atoms with van der Waals surface area (Å²) >= 11 is 0. The summed E-state index contributed by atoms with van der Waals surface area (Å²) in [7, 11) is 0. The van der Waals surface area contributed by atoms with Gasteiger partial charge in [-0.25, -0.2) is 0 Å². The summed E-state index contributed by atoms with van der Waals surface area (Å²) in [5.74, 6) is 2.04. The number of aryl methyl sites for hydroxylation is 1. The molecule has 7 nitrogen and oxygen atoms in total. The number of nitrogens with zero attached hydrogens (tertiary/aromatic N) is 2. The molecular weight excluding hydrogens is 466 g/mol. The summed E-state index contributed by atoms with van der Waals surface area (Å²) in [6, 6.07) is 21.4. The topological polar surface area (TPSA) is 74.6 Å². The van der Waals surface area contributed by atoms with Gasteiger partial charge in [0.2, 0.25) is 0 Å². The van der Waals surface area contributed by atoms with Gasteiger partial charge in [0.15, 0.2) is 11.5 Å². The maximum absolute atomic E-state index is 12.9. The predicted octanol–water partition coefficient (Wildman–Crippen LogP) is 6.12. The van der Waals surface area contributed by atoms with E-state index in [2.05, 4.69) is 29.5 Å². The Morgan fingerprint density at radius 2 is 1.59 bits per heavy atom. The van der Waals surface area contributed by atoms with E-state index in [-0.39, 0.29) is 5.91 Å². The van der Waals surface area contributed by atoms with Crippen LogP contribution >= 0.6 is 0 Å². The quantitative estimate of drug-likeness (QED) is 0.254. The zero-order chi connectivity index (χ0) is 26.0. The fourth-order valence-corrected chi connectivity index (χ4v) is 3.89. The molecule has 1 amide bonds. The van der Waals surface area contributed by atoms with Crippen molar-refractivity contribution in [2.45, 2.75) is 40.3 Å². The lowest BCUT2D eigenvalue weighted by Gasteiger charge is -2.12. The van der Waals surface area contributed by atoms with Crippen molar-refractivity contribution < 1.29 is 19.0 Å². The summed E-state index contributed by atoms with van der Waals surface area (Å²) in [6.07, 6.45) is 4.44. The maximum Gasteiger partial charge on any atom is 0.255 e. The van der Waals surface area contributed by atoms with Crippen molar-refractivity contribution in [3.8, 4) is 17.2 Å². The molecule has 0 aliphatic heterocycles. The van der Waals surface area contributed by atoms with E-state index in [1.165, 1.54) is 5.56 Å². The van der Waals surface area contributed by atoms with E-state index >= 15 is 0 Å². The predicted molar refractivity (Wildman–Crippen MR) is 145 cm³/mol. The van der Waals surface area contributed by atoms with Crippen LogP contribution in [0.5, 0.6) is 17.2 Å². The SMILES string of the molecule is CCOc1ccc(Cn2cc(NC(=O)c3cccc(COc4ccc(CC)cc4)c3)cn2)cc1OCC. The molecule has 0 saturated heterocycles. The first-order valence-electron chi connectivity index (χ1n) is 12.6. The van der Waals surface area contributed by atoms with Gasteiger partial charge < -0.3 is 19.5 Å². The van der Waals surface area contributed by atoms with Crippen LogP contribution < -0.4 is 19.5 Å². The number of carbonyl (C=O) groups excluding carboxylic acids is 1. The highest BCUT2D eigenvalue weighted by Crippen LogP contribution is 2.29. The molecule has 1 N–H and O–H groups in total.